The van der Waals surface area contributed by atoms with E-state index in [1.165, 1.54) is 11.3 Å². The number of methoxy groups -OCH3 is 1. The van der Waals surface area contributed by atoms with Gasteiger partial charge in [0.1, 0.15) is 18.1 Å². The molecule has 0 unspecified atom stereocenters. The van der Waals surface area contributed by atoms with Gasteiger partial charge < -0.3 is 14.2 Å². The van der Waals surface area contributed by atoms with E-state index in [0.717, 1.165) is 23.1 Å². The Hall–Kier alpha value is -4.94. The van der Waals surface area contributed by atoms with Crippen LogP contribution in [0.25, 0.3) is 6.08 Å². The van der Waals surface area contributed by atoms with E-state index in [-0.39, 0.29) is 18.8 Å². The Morgan fingerprint density at radius 2 is 1.86 bits per heavy atom. The van der Waals surface area contributed by atoms with Gasteiger partial charge in [-0.05, 0) is 60.9 Å². The zero-order valence-electron chi connectivity index (χ0n) is 24.2. The SMILES string of the molecule is CCCC1=C(C(=O)OCC)[C@H](c2cccc(OC)c2)n2c(s/c(=C/c3ccc(OCc4ccccc4C#N)cc3)c2=O)=N1. The van der Waals surface area contributed by atoms with Crippen molar-refractivity contribution in [3.63, 3.8) is 0 Å². The van der Waals surface area contributed by atoms with Crippen LogP contribution >= 0.6 is 11.3 Å². The van der Waals surface area contributed by atoms with E-state index in [4.69, 9.17) is 19.2 Å². The summed E-state index contributed by atoms with van der Waals surface area (Å²) in [7, 11) is 1.58. The second-order valence-electron chi connectivity index (χ2n) is 9.82. The molecular formula is C34H31N3O5S. The maximum Gasteiger partial charge on any atom is 0.338 e. The third kappa shape index (κ3) is 6.30. The predicted octanol–water partition coefficient (Wildman–Crippen LogP) is 5.04. The lowest BCUT2D eigenvalue weighted by Gasteiger charge is -2.26. The quantitative estimate of drug-likeness (QED) is 0.239. The number of aromatic nitrogens is 1. The van der Waals surface area contributed by atoms with E-state index in [2.05, 4.69) is 6.07 Å². The van der Waals surface area contributed by atoms with E-state index >= 15 is 0 Å². The highest BCUT2D eigenvalue weighted by molar-refractivity contribution is 7.07. The largest absolute Gasteiger partial charge is 0.497 e. The number of rotatable bonds is 10. The highest BCUT2D eigenvalue weighted by atomic mass is 32.1. The smallest absolute Gasteiger partial charge is 0.338 e. The summed E-state index contributed by atoms with van der Waals surface area (Å²) in [5.41, 5.74) is 3.68. The molecule has 3 aromatic carbocycles. The van der Waals surface area contributed by atoms with Crippen LogP contribution in [0.2, 0.25) is 0 Å². The standard InChI is InChI=1S/C34H31N3O5S/c1-4-9-28-30(33(39)41-5-2)31(23-12-8-13-27(19-23)40-3)37-32(38)29(43-34(37)36-28)18-22-14-16-26(17-15-22)42-21-25-11-7-6-10-24(25)20-35/h6-8,10-19,31H,4-5,9,21H2,1-3H3/b29-18+/t31-/m0/s1. The lowest BCUT2D eigenvalue weighted by atomic mass is 9.94. The van der Waals surface area contributed by atoms with Gasteiger partial charge in [0, 0.05) is 5.56 Å². The Bertz CT molecular complexity index is 1900. The molecule has 9 heteroatoms. The number of thiazole rings is 1. The van der Waals surface area contributed by atoms with E-state index in [0.29, 0.717) is 44.1 Å². The summed E-state index contributed by atoms with van der Waals surface area (Å²) in [6.07, 6.45) is 3.16. The predicted molar refractivity (Wildman–Crippen MR) is 165 cm³/mol. The molecule has 1 atom stereocenters. The van der Waals surface area contributed by atoms with Crippen LogP contribution in [0.5, 0.6) is 11.5 Å². The third-order valence-electron chi connectivity index (χ3n) is 7.01. The average molecular weight is 594 g/mol. The number of benzene rings is 3. The maximum atomic E-state index is 14.0. The number of carbonyl (C=O) groups is 1. The number of nitriles is 1. The summed E-state index contributed by atoms with van der Waals surface area (Å²) in [6, 6.07) is 23.6. The number of fused-ring (bicyclic) bond motifs is 1. The summed E-state index contributed by atoms with van der Waals surface area (Å²) in [5, 5.41) is 9.31. The summed E-state index contributed by atoms with van der Waals surface area (Å²) < 4.78 is 18.9. The fourth-order valence-corrected chi connectivity index (χ4v) is 6.00. The van der Waals surface area contributed by atoms with E-state index < -0.39 is 12.0 Å². The fourth-order valence-electron chi connectivity index (χ4n) is 4.98. The van der Waals surface area contributed by atoms with Gasteiger partial charge in [-0.3, -0.25) is 9.36 Å². The molecule has 1 aromatic heterocycles. The molecule has 2 heterocycles. The van der Waals surface area contributed by atoms with Gasteiger partial charge in [-0.2, -0.15) is 5.26 Å². The molecule has 0 saturated heterocycles. The summed E-state index contributed by atoms with van der Waals surface area (Å²) in [6.45, 7) is 4.27. The van der Waals surface area contributed by atoms with Crippen molar-refractivity contribution < 1.29 is 19.0 Å². The number of esters is 1. The van der Waals surface area contributed by atoms with Crippen molar-refractivity contribution >= 4 is 23.4 Å². The Labute approximate surface area is 253 Å². The highest BCUT2D eigenvalue weighted by Crippen LogP contribution is 2.34. The molecule has 218 valence electrons. The number of nitrogens with zero attached hydrogens (tertiary/aromatic N) is 3. The summed E-state index contributed by atoms with van der Waals surface area (Å²) >= 11 is 1.29. The molecular weight excluding hydrogens is 562 g/mol. The second-order valence-corrected chi connectivity index (χ2v) is 10.8. The lowest BCUT2D eigenvalue weighted by Crippen LogP contribution is -2.40. The van der Waals surface area contributed by atoms with Crippen LogP contribution < -0.4 is 24.4 Å². The van der Waals surface area contributed by atoms with Crippen molar-refractivity contribution in [2.24, 2.45) is 4.99 Å². The number of ether oxygens (including phenoxy) is 3. The molecule has 0 fully saturated rings. The van der Waals surface area contributed by atoms with Crippen molar-refractivity contribution in [3.05, 3.63) is 126 Å². The Morgan fingerprint density at radius 1 is 1.07 bits per heavy atom. The molecule has 1 aliphatic heterocycles. The Morgan fingerprint density at radius 3 is 2.58 bits per heavy atom. The van der Waals surface area contributed by atoms with Crippen LogP contribution in [0, 0.1) is 11.3 Å². The average Bonchev–Trinajstić information content (AvgIpc) is 3.34. The van der Waals surface area contributed by atoms with Crippen LogP contribution in [0.1, 0.15) is 55.0 Å². The Balaban J connectivity index is 1.54. The van der Waals surface area contributed by atoms with Crippen molar-refractivity contribution in [3.8, 4) is 17.6 Å². The lowest BCUT2D eigenvalue weighted by molar-refractivity contribution is -0.139. The number of hydrogen-bond donors (Lipinski definition) is 0. The molecule has 0 N–H and O–H groups in total. The molecule has 0 amide bonds. The van der Waals surface area contributed by atoms with Crippen LogP contribution in [0.15, 0.2) is 93.9 Å². The second kappa shape index (κ2) is 13.4. The molecule has 0 aliphatic carbocycles. The molecule has 5 rings (SSSR count). The first-order valence-electron chi connectivity index (χ1n) is 14.0. The van der Waals surface area contributed by atoms with Gasteiger partial charge in [-0.25, -0.2) is 9.79 Å². The van der Waals surface area contributed by atoms with Gasteiger partial charge in [-0.1, -0.05) is 67.1 Å². The van der Waals surface area contributed by atoms with Crippen molar-refractivity contribution in [2.75, 3.05) is 13.7 Å². The molecule has 4 aromatic rings. The first-order valence-corrected chi connectivity index (χ1v) is 14.9. The van der Waals surface area contributed by atoms with Crippen molar-refractivity contribution in [1.29, 1.82) is 5.26 Å². The fraction of sp³-hybridized carbons (Fsp3) is 0.235. The Kier molecular flexibility index (Phi) is 9.18. The summed E-state index contributed by atoms with van der Waals surface area (Å²) in [4.78, 5) is 32.6. The van der Waals surface area contributed by atoms with Crippen LogP contribution in [0.3, 0.4) is 0 Å². The van der Waals surface area contributed by atoms with Gasteiger partial charge >= 0.3 is 5.97 Å². The molecule has 0 radical (unpaired) electrons. The molecule has 0 spiro atoms. The van der Waals surface area contributed by atoms with E-state index in [1.807, 2.05) is 79.7 Å². The third-order valence-corrected chi connectivity index (χ3v) is 7.99. The molecule has 0 bridgehead atoms. The molecule has 0 saturated carbocycles. The normalized spacial score (nSPS) is 14.5. The van der Waals surface area contributed by atoms with Crippen LogP contribution in [0.4, 0.5) is 0 Å². The highest BCUT2D eigenvalue weighted by Gasteiger charge is 2.34. The van der Waals surface area contributed by atoms with E-state index in [1.54, 1.807) is 24.7 Å². The van der Waals surface area contributed by atoms with Gasteiger partial charge in [0.25, 0.3) is 5.56 Å². The van der Waals surface area contributed by atoms with Gasteiger partial charge in [0.05, 0.1) is 47.2 Å². The zero-order chi connectivity index (χ0) is 30.3. The molecule has 8 nitrogen and oxygen atoms in total. The van der Waals surface area contributed by atoms with E-state index in [9.17, 15) is 14.9 Å². The van der Waals surface area contributed by atoms with Gasteiger partial charge in [0.15, 0.2) is 4.80 Å². The number of hydrogen-bond acceptors (Lipinski definition) is 8. The first-order chi connectivity index (χ1) is 21.0. The molecule has 1 aliphatic rings. The van der Waals surface area contributed by atoms with Crippen LogP contribution in [-0.4, -0.2) is 24.3 Å². The number of carbonyl (C=O) groups excluding carboxylic acids is 1. The zero-order valence-corrected chi connectivity index (χ0v) is 25.0. The van der Waals surface area contributed by atoms with Crippen LogP contribution in [-0.2, 0) is 16.1 Å². The monoisotopic (exact) mass is 593 g/mol. The summed E-state index contributed by atoms with van der Waals surface area (Å²) in [5.74, 6) is 0.785. The van der Waals surface area contributed by atoms with Crippen molar-refractivity contribution in [1.82, 2.24) is 4.57 Å². The molecule has 43 heavy (non-hydrogen) atoms. The topological polar surface area (TPSA) is 103 Å². The van der Waals surface area contributed by atoms with Crippen molar-refractivity contribution in [2.45, 2.75) is 39.3 Å². The van der Waals surface area contributed by atoms with Gasteiger partial charge in [-0.15, -0.1) is 0 Å². The minimum Gasteiger partial charge on any atom is -0.497 e. The first kappa shape index (κ1) is 29.5. The maximum absolute atomic E-state index is 14.0. The number of allylic oxidation sites excluding steroid dienone is 1. The minimum absolute atomic E-state index is 0.210. The minimum atomic E-state index is -0.707. The van der Waals surface area contributed by atoms with Gasteiger partial charge in [0.2, 0.25) is 0 Å².